The van der Waals surface area contributed by atoms with Gasteiger partial charge in [-0.3, -0.25) is 0 Å². The maximum Gasteiger partial charge on any atom is -0.0115 e. The van der Waals surface area contributed by atoms with Crippen LogP contribution < -0.4 is 0 Å². The van der Waals surface area contributed by atoms with E-state index in [1.807, 2.05) is 0 Å². The first-order chi connectivity index (χ1) is 47.2. The van der Waals surface area contributed by atoms with Crippen molar-refractivity contribution in [3.63, 3.8) is 0 Å². The van der Waals surface area contributed by atoms with Gasteiger partial charge in [-0.05, 0) is 204 Å². The largest absolute Gasteiger partial charge is 0.0620 e. The number of hydrogen-bond acceptors (Lipinski definition) is 0. The molecule has 0 atom stereocenters. The highest BCUT2D eigenvalue weighted by Gasteiger charge is 2.14. The first kappa shape index (κ1) is 83.1. The minimum absolute atomic E-state index is 0.587. The molecule has 0 saturated heterocycles. The van der Waals surface area contributed by atoms with E-state index < -0.39 is 0 Å². The average molecular weight is 1340 g/mol. The van der Waals surface area contributed by atoms with Gasteiger partial charge in [0.15, 0.2) is 0 Å². The molecule has 534 valence electrons. The highest BCUT2D eigenvalue weighted by molar-refractivity contribution is 5.91. The van der Waals surface area contributed by atoms with Gasteiger partial charge in [-0.15, -0.1) is 0 Å². The lowest BCUT2D eigenvalue weighted by Crippen LogP contribution is -1.97. The quantitative estimate of drug-likeness (QED) is 0.102. The standard InChI is InChI=1S/4C16H20.3C12H18/c1-11(2)13-7-5-10-16-14(12(3)4)8-6-9-15(13)16;1-11(2)14-9-5-7-13-8-6-10-15(12(3)4)16(13)14;1-11(2)13-8-9-16-14(10-13)6-5-7-15(16)12(3)4;1-11(2)14-9-8-13-6-5-7-15(12(3)4)16(13)10-14;1-9(2)11-5-7-12(8-6-11)10(3)4;1-9(2)11-6-5-7-12(8-11)10(3)4;1-9(2)11-7-5-6-8-12(11)10(3)4/h4*5-12H,1-4H3;3*5-10H,1-4H3. The predicted octanol–water partition coefficient (Wildman–Crippen LogP) is 32.1. The molecule has 0 bridgehead atoms. The Morgan fingerprint density at radius 3 is 0.760 bits per heavy atom. The minimum atomic E-state index is 0.587. The fraction of sp³-hybridized carbons (Fsp3) is 0.420. The monoisotopic (exact) mass is 1340 g/mol. The third kappa shape index (κ3) is 24.1. The summed E-state index contributed by atoms with van der Waals surface area (Å²) in [7, 11) is 0. The summed E-state index contributed by atoms with van der Waals surface area (Å²) in [5, 5.41) is 11.2. The Labute approximate surface area is 612 Å². The van der Waals surface area contributed by atoms with Crippen molar-refractivity contribution in [1.29, 1.82) is 0 Å². The Kier molecular flexibility index (Phi) is 33.4. The Morgan fingerprint density at radius 1 is 0.140 bits per heavy atom. The van der Waals surface area contributed by atoms with Crippen LogP contribution in [0.4, 0.5) is 0 Å². The molecule has 0 heteroatoms. The van der Waals surface area contributed by atoms with Crippen LogP contribution in [-0.2, 0) is 0 Å². The Hall–Kier alpha value is -7.54. The zero-order valence-corrected chi connectivity index (χ0v) is 67.9. The van der Waals surface area contributed by atoms with Crippen molar-refractivity contribution in [3.8, 4) is 0 Å². The maximum absolute atomic E-state index is 2.36. The van der Waals surface area contributed by atoms with Crippen LogP contribution in [0.2, 0.25) is 0 Å². The fourth-order valence-electron chi connectivity index (χ4n) is 13.2. The van der Waals surface area contributed by atoms with Crippen LogP contribution in [-0.4, -0.2) is 0 Å². The van der Waals surface area contributed by atoms with E-state index in [1.54, 1.807) is 0 Å². The molecule has 0 aliphatic rings. The van der Waals surface area contributed by atoms with Crippen LogP contribution in [0.3, 0.4) is 0 Å². The molecule has 0 aliphatic carbocycles. The van der Waals surface area contributed by atoms with Crippen molar-refractivity contribution >= 4 is 43.1 Å². The summed E-state index contributed by atoms with van der Waals surface area (Å²) in [5.74, 6) is 8.60. The smallest absolute Gasteiger partial charge is 0.0115 e. The van der Waals surface area contributed by atoms with E-state index in [0.717, 1.165) is 0 Å². The van der Waals surface area contributed by atoms with Gasteiger partial charge in [-0.2, -0.15) is 0 Å². The first-order valence-electron chi connectivity index (χ1n) is 38.6. The fourth-order valence-corrected chi connectivity index (χ4v) is 13.2. The van der Waals surface area contributed by atoms with Crippen molar-refractivity contribution in [3.05, 3.63) is 296 Å². The van der Waals surface area contributed by atoms with Crippen LogP contribution in [0.5, 0.6) is 0 Å². The summed E-state index contributed by atoms with van der Waals surface area (Å²) in [6, 6.07) is 80.1. The summed E-state index contributed by atoms with van der Waals surface area (Å²) < 4.78 is 0. The van der Waals surface area contributed by atoms with E-state index >= 15 is 0 Å². The highest BCUT2D eigenvalue weighted by atomic mass is 14.2. The molecule has 11 aromatic rings. The molecular formula is C100H134. The third-order valence-electron chi connectivity index (χ3n) is 19.7. The molecule has 0 unspecified atom stereocenters. The lowest BCUT2D eigenvalue weighted by atomic mass is 9.89. The van der Waals surface area contributed by atoms with Gasteiger partial charge in [0.1, 0.15) is 0 Å². The Bertz CT molecular complexity index is 4000. The van der Waals surface area contributed by atoms with Crippen LogP contribution >= 0.6 is 0 Å². The number of benzene rings is 11. The minimum Gasteiger partial charge on any atom is -0.0620 e. The second kappa shape index (κ2) is 40.2. The average Bonchev–Trinajstić information content (AvgIpc) is 0.809. The van der Waals surface area contributed by atoms with Crippen LogP contribution in [0.25, 0.3) is 43.1 Å². The van der Waals surface area contributed by atoms with Gasteiger partial charge < -0.3 is 0 Å². The summed E-state index contributed by atoms with van der Waals surface area (Å²) in [6.45, 7) is 63.0. The van der Waals surface area contributed by atoms with Crippen molar-refractivity contribution in [2.24, 2.45) is 0 Å². The summed E-state index contributed by atoms with van der Waals surface area (Å²) >= 11 is 0. The van der Waals surface area contributed by atoms with Gasteiger partial charge in [-0.1, -0.05) is 412 Å². The second-order valence-corrected chi connectivity index (χ2v) is 32.4. The Morgan fingerprint density at radius 2 is 0.400 bits per heavy atom. The number of hydrogen-bond donors (Lipinski definition) is 0. The molecule has 0 amide bonds. The van der Waals surface area contributed by atoms with E-state index in [2.05, 4.69) is 412 Å². The molecule has 11 rings (SSSR count). The second-order valence-electron chi connectivity index (χ2n) is 32.4. The molecule has 0 nitrogen and oxygen atoms in total. The molecule has 0 aromatic heterocycles. The molecule has 0 heterocycles. The molecule has 0 aliphatic heterocycles. The predicted molar refractivity (Wildman–Crippen MR) is 452 cm³/mol. The first-order valence-corrected chi connectivity index (χ1v) is 38.6. The lowest BCUT2D eigenvalue weighted by Gasteiger charge is -2.16. The molecular weight excluding hydrogens is 1200 g/mol. The zero-order chi connectivity index (χ0) is 74.2. The van der Waals surface area contributed by atoms with Crippen LogP contribution in [0.15, 0.2) is 218 Å². The third-order valence-corrected chi connectivity index (χ3v) is 19.7. The molecule has 0 fully saturated rings. The zero-order valence-electron chi connectivity index (χ0n) is 67.9. The molecule has 0 radical (unpaired) electrons. The molecule has 11 aromatic carbocycles. The summed E-state index contributed by atoms with van der Waals surface area (Å²) in [5.41, 5.74) is 20.4. The lowest BCUT2D eigenvalue weighted by molar-refractivity contribution is 0.790. The maximum atomic E-state index is 2.36. The SMILES string of the molecule is CC(C)c1ccc(C(C)C)cc1.CC(C)c1ccc2c(C(C)C)cccc2c1.CC(C)c1ccc2cccc(C(C)C)c2c1.CC(C)c1cccc(C(C)C)c1.CC(C)c1cccc2c(C(C)C)cccc12.CC(C)c1cccc2cccc(C(C)C)c12.CC(C)c1ccccc1C(C)C. The molecule has 0 spiro atoms. The van der Waals surface area contributed by atoms with E-state index in [9.17, 15) is 0 Å². The number of fused-ring (bicyclic) bond motifs is 4. The van der Waals surface area contributed by atoms with Gasteiger partial charge in [0.05, 0.1) is 0 Å². The van der Waals surface area contributed by atoms with Gasteiger partial charge in [0.25, 0.3) is 0 Å². The van der Waals surface area contributed by atoms with Gasteiger partial charge >= 0.3 is 0 Å². The van der Waals surface area contributed by atoms with E-state index in [4.69, 9.17) is 0 Å². The molecule has 0 N–H and O–H groups in total. The highest BCUT2D eigenvalue weighted by Crippen LogP contribution is 2.35. The van der Waals surface area contributed by atoms with Crippen molar-refractivity contribution in [2.45, 2.75) is 277 Å². The van der Waals surface area contributed by atoms with Crippen molar-refractivity contribution < 1.29 is 0 Å². The van der Waals surface area contributed by atoms with E-state index in [1.165, 1.54) is 121 Å². The normalized spacial score (nSPS) is 11.5. The summed E-state index contributed by atoms with van der Waals surface area (Å²) in [4.78, 5) is 0. The van der Waals surface area contributed by atoms with E-state index in [0.29, 0.717) is 82.9 Å². The van der Waals surface area contributed by atoms with Gasteiger partial charge in [0.2, 0.25) is 0 Å². The van der Waals surface area contributed by atoms with E-state index in [-0.39, 0.29) is 0 Å². The van der Waals surface area contributed by atoms with Gasteiger partial charge in [0, 0.05) is 0 Å². The molecule has 100 heavy (non-hydrogen) atoms. The Balaban J connectivity index is 0.000000211. The molecule has 0 saturated carbocycles. The van der Waals surface area contributed by atoms with Crippen molar-refractivity contribution in [1.82, 2.24) is 0 Å². The van der Waals surface area contributed by atoms with Crippen molar-refractivity contribution in [2.75, 3.05) is 0 Å². The van der Waals surface area contributed by atoms with Crippen LogP contribution in [0.1, 0.15) is 355 Å². The topological polar surface area (TPSA) is 0 Å². The number of rotatable bonds is 14. The summed E-state index contributed by atoms with van der Waals surface area (Å²) in [6.07, 6.45) is 0. The van der Waals surface area contributed by atoms with Crippen LogP contribution in [0, 0.1) is 0 Å². The van der Waals surface area contributed by atoms with Gasteiger partial charge in [-0.25, -0.2) is 0 Å².